The van der Waals surface area contributed by atoms with Crippen molar-refractivity contribution in [3.63, 3.8) is 0 Å². The fourth-order valence-corrected chi connectivity index (χ4v) is 20.4. The SMILES string of the molecule is Cc1ccc(C)c(N(c2ccccc2)c2c3ccccc3cc3c2c2cccc4c5c(N(c6cccc(CC(C)c7ccc(N(c8ccc(C(C)C)cc8)c8c9ccccc9cc9c8c8cccc%10c%11c(N(c%12ccc(C(C)C)cc%12)c%12ccc(C(C)C)cc%12)c%12ccccc%12cc%11n9c%108)cc7)c6)c6cc(C)ccc6C)c6ccccc6cc5n3c24)c1. The highest BCUT2D eigenvalue weighted by molar-refractivity contribution is 6.36. The first-order chi connectivity index (χ1) is 59.6. The molecule has 0 amide bonds. The largest absolute Gasteiger partial charge is 0.309 e. The van der Waals surface area contributed by atoms with Crippen molar-refractivity contribution in [3.05, 3.63) is 396 Å². The molecule has 1 unspecified atom stereocenters. The third-order valence-electron chi connectivity index (χ3n) is 26.6. The number of nitrogens with zero attached hydrogens (tertiary/aromatic N) is 6. The van der Waals surface area contributed by atoms with Gasteiger partial charge in [-0.1, -0.05) is 285 Å². The van der Waals surface area contributed by atoms with Gasteiger partial charge in [-0.25, -0.2) is 0 Å². The number of rotatable bonds is 18. The highest BCUT2D eigenvalue weighted by Crippen LogP contribution is 2.57. The first-order valence-corrected chi connectivity index (χ1v) is 43.6. The minimum atomic E-state index is 0.161. The highest BCUT2D eigenvalue weighted by atomic mass is 15.2. The van der Waals surface area contributed by atoms with E-state index in [2.05, 4.69) is 450 Å². The first kappa shape index (κ1) is 74.1. The second-order valence-electron chi connectivity index (χ2n) is 35.3. The molecule has 0 bridgehead atoms. The van der Waals surface area contributed by atoms with Gasteiger partial charge in [0.2, 0.25) is 0 Å². The summed E-state index contributed by atoms with van der Waals surface area (Å²) in [6.45, 7) is 25.1. The van der Waals surface area contributed by atoms with E-state index in [1.807, 2.05) is 0 Å². The molecule has 0 aliphatic rings. The summed E-state index contributed by atoms with van der Waals surface area (Å²) in [6, 6.07) is 132. The van der Waals surface area contributed by atoms with Crippen LogP contribution >= 0.6 is 0 Å². The van der Waals surface area contributed by atoms with E-state index in [9.17, 15) is 0 Å². The van der Waals surface area contributed by atoms with Crippen molar-refractivity contribution in [2.75, 3.05) is 19.6 Å². The smallest absolute Gasteiger partial charge is 0.0640 e. The molecule has 0 saturated heterocycles. The molecular formula is C116H96N6. The van der Waals surface area contributed by atoms with Crippen LogP contribution in [-0.4, -0.2) is 8.80 Å². The van der Waals surface area contributed by atoms with Crippen LogP contribution in [0.1, 0.15) is 122 Å². The van der Waals surface area contributed by atoms with Crippen molar-refractivity contribution in [1.29, 1.82) is 0 Å². The van der Waals surface area contributed by atoms with Gasteiger partial charge in [-0.05, 0) is 239 Å². The molecule has 1 atom stereocenters. The summed E-state index contributed by atoms with van der Waals surface area (Å²) < 4.78 is 5.23. The number of benzene rings is 18. The normalized spacial score (nSPS) is 12.4. The van der Waals surface area contributed by atoms with Crippen LogP contribution < -0.4 is 19.6 Å². The predicted molar refractivity (Wildman–Crippen MR) is 524 cm³/mol. The first-order valence-electron chi connectivity index (χ1n) is 43.6. The van der Waals surface area contributed by atoms with E-state index in [0.29, 0.717) is 17.8 Å². The fraction of sp³-hybridized carbons (Fsp3) is 0.138. The lowest BCUT2D eigenvalue weighted by atomic mass is 9.92. The lowest BCUT2D eigenvalue weighted by molar-refractivity contribution is 0.759. The Kier molecular flexibility index (Phi) is 17.7. The molecular weight excluding hydrogens is 1480 g/mol. The van der Waals surface area contributed by atoms with Gasteiger partial charge in [-0.3, -0.25) is 0 Å². The molecule has 0 spiro atoms. The van der Waals surface area contributed by atoms with Crippen LogP contribution in [0.4, 0.5) is 68.2 Å². The molecule has 22 aromatic rings. The van der Waals surface area contributed by atoms with Crippen LogP contribution in [0, 0.1) is 27.7 Å². The molecule has 122 heavy (non-hydrogen) atoms. The third kappa shape index (κ3) is 11.8. The lowest BCUT2D eigenvalue weighted by Gasteiger charge is -2.30. The monoisotopic (exact) mass is 1570 g/mol. The molecule has 0 N–H and O–H groups in total. The van der Waals surface area contributed by atoms with Crippen LogP contribution in [0.5, 0.6) is 0 Å². The maximum absolute atomic E-state index is 2.61. The van der Waals surface area contributed by atoms with Gasteiger partial charge >= 0.3 is 0 Å². The van der Waals surface area contributed by atoms with E-state index in [-0.39, 0.29) is 5.92 Å². The van der Waals surface area contributed by atoms with Gasteiger partial charge in [-0.15, -0.1) is 0 Å². The lowest BCUT2D eigenvalue weighted by Crippen LogP contribution is -2.13. The Morgan fingerprint density at radius 2 is 0.525 bits per heavy atom. The Bertz CT molecular complexity index is 7830. The Labute approximate surface area is 713 Å². The number of anilines is 12. The Morgan fingerprint density at radius 1 is 0.238 bits per heavy atom. The summed E-state index contributed by atoms with van der Waals surface area (Å²) >= 11 is 0. The zero-order valence-corrected chi connectivity index (χ0v) is 71.1. The van der Waals surface area contributed by atoms with Crippen LogP contribution in [-0.2, 0) is 6.42 Å². The molecule has 6 nitrogen and oxygen atoms in total. The van der Waals surface area contributed by atoms with Crippen LogP contribution in [0.3, 0.4) is 0 Å². The topological polar surface area (TPSA) is 21.8 Å². The number of aromatic nitrogens is 2. The maximum Gasteiger partial charge on any atom is 0.0640 e. The average molecular weight is 1570 g/mol. The van der Waals surface area contributed by atoms with Gasteiger partial charge in [0.25, 0.3) is 0 Å². The minimum Gasteiger partial charge on any atom is -0.309 e. The quantitative estimate of drug-likeness (QED) is 0.0853. The Morgan fingerprint density at radius 3 is 0.877 bits per heavy atom. The van der Waals surface area contributed by atoms with Crippen LogP contribution in [0.2, 0.25) is 0 Å². The van der Waals surface area contributed by atoms with Crippen molar-refractivity contribution < 1.29 is 0 Å². The summed E-state index contributed by atoms with van der Waals surface area (Å²) in [5, 5.41) is 19.4. The molecule has 22 rings (SSSR count). The summed E-state index contributed by atoms with van der Waals surface area (Å²) in [6.07, 6.45) is 0.827. The fourth-order valence-electron chi connectivity index (χ4n) is 20.4. The van der Waals surface area contributed by atoms with Gasteiger partial charge in [-0.2, -0.15) is 0 Å². The molecule has 0 aliphatic carbocycles. The van der Waals surface area contributed by atoms with Crippen molar-refractivity contribution in [3.8, 4) is 0 Å². The van der Waals surface area contributed by atoms with E-state index in [1.165, 1.54) is 198 Å². The molecule has 0 saturated carbocycles. The second kappa shape index (κ2) is 29.1. The third-order valence-corrected chi connectivity index (χ3v) is 26.6. The minimum absolute atomic E-state index is 0.161. The van der Waals surface area contributed by atoms with E-state index in [4.69, 9.17) is 0 Å². The number of hydrogen-bond donors (Lipinski definition) is 0. The van der Waals surface area contributed by atoms with Crippen molar-refractivity contribution in [2.24, 2.45) is 0 Å². The molecule has 4 heterocycles. The standard InChI is InChI=1S/C116H96N6/c1-70(2)79-46-54-88(55-47-79)117(89-56-48-80(49-57-89)71(3)4)113-93-34-19-15-27-83(93)66-103-107(113)97-38-24-39-98-108-104(121(103)111(97)98)67-84-28-16-20-35-94(84)114(108)118(90-58-50-81(51-59-90)72(5)6)91-60-52-82(53-61-91)77(11)64-78-26-23-33-92(65-78)120(102-63-74(8)43-45-76(102)10)116-96-37-22-18-30-86(96)69-106-110(116)100-41-25-40-99-109-105(122(106)112(99)100)68-85-29-17-21-36-95(85)115(109)119(87-31-13-12-14-32-87)101-62-73(7)42-44-75(101)9/h12-63,65-72,77H,64H2,1-11H3. The molecule has 0 radical (unpaired) electrons. The summed E-state index contributed by atoms with van der Waals surface area (Å²) in [4.78, 5) is 10.3. The average Bonchev–Trinajstić information content (AvgIpc) is 1.52. The molecule has 4 aromatic heterocycles. The number of para-hydroxylation sites is 3. The molecule has 0 fully saturated rings. The molecule has 6 heteroatoms. The van der Waals surface area contributed by atoms with Gasteiger partial charge < -0.3 is 28.4 Å². The van der Waals surface area contributed by atoms with Crippen molar-refractivity contribution in [1.82, 2.24) is 8.80 Å². The summed E-state index contributed by atoms with van der Waals surface area (Å²) in [5.41, 5.74) is 32.3. The maximum atomic E-state index is 2.61. The Balaban J connectivity index is 0.686. The van der Waals surface area contributed by atoms with Crippen LogP contribution in [0.15, 0.2) is 346 Å². The Hall–Kier alpha value is -14.2. The van der Waals surface area contributed by atoms with E-state index in [0.717, 1.165) is 46.2 Å². The number of aryl methyl sites for hydroxylation is 4. The van der Waals surface area contributed by atoms with Crippen molar-refractivity contribution in [2.45, 2.75) is 106 Å². The van der Waals surface area contributed by atoms with Gasteiger partial charge in [0.05, 0.1) is 55.8 Å². The van der Waals surface area contributed by atoms with Gasteiger partial charge in [0, 0.05) is 110 Å². The second-order valence-corrected chi connectivity index (χ2v) is 35.3. The van der Waals surface area contributed by atoms with E-state index >= 15 is 0 Å². The van der Waals surface area contributed by atoms with Gasteiger partial charge in [0.15, 0.2) is 0 Å². The number of fused-ring (bicyclic) bond motifs is 16. The summed E-state index contributed by atoms with van der Waals surface area (Å²) in [7, 11) is 0. The number of hydrogen-bond acceptors (Lipinski definition) is 4. The zero-order chi connectivity index (χ0) is 82.6. The van der Waals surface area contributed by atoms with Crippen LogP contribution in [0.25, 0.3) is 119 Å². The molecule has 18 aromatic carbocycles. The molecule has 0 aliphatic heterocycles. The predicted octanol–water partition coefficient (Wildman–Crippen LogP) is 33.4. The van der Waals surface area contributed by atoms with Crippen molar-refractivity contribution >= 4 is 188 Å². The van der Waals surface area contributed by atoms with E-state index in [1.54, 1.807) is 0 Å². The van der Waals surface area contributed by atoms with Gasteiger partial charge in [0.1, 0.15) is 0 Å². The zero-order valence-electron chi connectivity index (χ0n) is 71.1. The van der Waals surface area contributed by atoms with E-state index < -0.39 is 0 Å². The highest BCUT2D eigenvalue weighted by Gasteiger charge is 2.33. The molecule has 590 valence electrons. The summed E-state index contributed by atoms with van der Waals surface area (Å²) in [5.74, 6) is 1.34.